The highest BCUT2D eigenvalue weighted by Crippen LogP contribution is 2.61. The van der Waals surface area contributed by atoms with Crippen LogP contribution in [0, 0.1) is 5.41 Å². The second-order valence-electron chi connectivity index (χ2n) is 13.2. The van der Waals surface area contributed by atoms with Crippen molar-refractivity contribution in [3.8, 4) is 0 Å². The van der Waals surface area contributed by atoms with Gasteiger partial charge in [0.15, 0.2) is 17.7 Å². The maximum absolute atomic E-state index is 12.7. The average Bonchev–Trinajstić information content (AvgIpc) is 3.80. The van der Waals surface area contributed by atoms with Gasteiger partial charge in [-0.05, 0) is 12.1 Å². The molecule has 1 fully saturated rings. The lowest BCUT2D eigenvalue weighted by Gasteiger charge is -2.30. The molecule has 2 aliphatic heterocycles. The molecule has 0 saturated carbocycles. The molecule has 58 heavy (non-hydrogen) atoms. The Bertz CT molecular complexity index is 2210. The average molecular weight is 897 g/mol. The number of nitrogens with one attached hydrogen (secondary N) is 2. The number of aliphatic hydroxyl groups excluding tert-OH is 2. The number of thioether (sulfide) groups is 1. The summed E-state index contributed by atoms with van der Waals surface area (Å²) in [5.41, 5.74) is 5.34. The molecule has 0 bridgehead atoms. The van der Waals surface area contributed by atoms with E-state index in [0.29, 0.717) is 22.0 Å². The van der Waals surface area contributed by atoms with Gasteiger partial charge in [0.2, 0.25) is 17.6 Å². The largest absolute Gasteiger partial charge is 0.481 e. The summed E-state index contributed by atoms with van der Waals surface area (Å²) in [5.74, 6) is -1.31. The Hall–Kier alpha value is -3.55. The number of benzene rings is 1. The number of aromatic nitrogens is 4. The number of para-hydroxylation sites is 1. The van der Waals surface area contributed by atoms with Crippen LogP contribution in [0.25, 0.3) is 11.2 Å². The van der Waals surface area contributed by atoms with Crippen molar-refractivity contribution in [3.05, 3.63) is 42.5 Å². The van der Waals surface area contributed by atoms with Crippen LogP contribution < -0.4 is 16.4 Å². The van der Waals surface area contributed by atoms with Crippen LogP contribution in [0.2, 0.25) is 0 Å². The van der Waals surface area contributed by atoms with Gasteiger partial charge in [-0.15, -0.1) is 11.8 Å². The molecule has 29 heteroatoms. The smallest absolute Gasteiger partial charge is 0.386 e. The van der Waals surface area contributed by atoms with E-state index in [1.165, 1.54) is 25.6 Å². The number of aliphatic hydroxyl groups is 2. The van der Waals surface area contributed by atoms with Crippen LogP contribution in [0.1, 0.15) is 36.9 Å². The van der Waals surface area contributed by atoms with E-state index >= 15 is 0 Å². The van der Waals surface area contributed by atoms with E-state index in [1.807, 2.05) is 0 Å². The first-order chi connectivity index (χ1) is 27.1. The molecule has 2 aromatic heterocycles. The lowest BCUT2D eigenvalue weighted by molar-refractivity contribution is -0.137. The number of phosphoric acid groups is 3. The molecule has 1 saturated heterocycles. The second kappa shape index (κ2) is 18.4. The first kappa shape index (κ1) is 45.5. The molecule has 2 aliphatic rings. The number of amides is 2. The highest BCUT2D eigenvalue weighted by atomic mass is 32.2. The second-order valence-corrected chi connectivity index (χ2v) is 18.5. The van der Waals surface area contributed by atoms with E-state index in [1.54, 1.807) is 24.3 Å². The normalized spacial score (nSPS) is 22.2. The number of rotatable bonds is 19. The molecule has 0 radical (unpaired) electrons. The van der Waals surface area contributed by atoms with Crippen LogP contribution in [0.5, 0.6) is 0 Å². The van der Waals surface area contributed by atoms with E-state index in [2.05, 4.69) is 39.4 Å². The number of fused-ring (bicyclic) bond motifs is 2. The van der Waals surface area contributed by atoms with Gasteiger partial charge < -0.3 is 50.9 Å². The van der Waals surface area contributed by atoms with Crippen molar-refractivity contribution in [1.29, 1.82) is 0 Å². The number of nitrogens with two attached hydrogens (primary N) is 1. The van der Waals surface area contributed by atoms with Crippen LogP contribution in [0.3, 0.4) is 0 Å². The van der Waals surface area contributed by atoms with Gasteiger partial charge in [0.25, 0.3) is 0 Å². The number of carbonyl (C=O) groups is 3. The monoisotopic (exact) mass is 896 g/mol. The first-order valence-corrected chi connectivity index (χ1v) is 22.3. The summed E-state index contributed by atoms with van der Waals surface area (Å²) in [4.78, 5) is 92.5. The third-order valence-corrected chi connectivity index (χ3v) is 12.4. The highest BCUT2D eigenvalue weighted by molar-refractivity contribution is 8.15. The molecule has 4 heterocycles. The van der Waals surface area contributed by atoms with Crippen molar-refractivity contribution < 1.29 is 80.5 Å². The number of anilines is 1. The fourth-order valence-corrected chi connectivity index (χ4v) is 9.04. The lowest BCUT2D eigenvalue weighted by atomic mass is 9.87. The zero-order valence-electron chi connectivity index (χ0n) is 30.3. The number of phosphoric ester groups is 3. The minimum absolute atomic E-state index is 0.0283. The summed E-state index contributed by atoms with van der Waals surface area (Å²) in [6.07, 6.45) is -6.95. The van der Waals surface area contributed by atoms with Gasteiger partial charge in [-0.2, -0.15) is 4.31 Å². The fourth-order valence-electron chi connectivity index (χ4n) is 5.41. The Labute approximate surface area is 332 Å². The number of ketones is 1. The van der Waals surface area contributed by atoms with Gasteiger partial charge in [-0.1, -0.05) is 26.0 Å². The van der Waals surface area contributed by atoms with Crippen molar-refractivity contribution in [2.24, 2.45) is 10.4 Å². The molecule has 2 unspecified atom stereocenters. The maximum Gasteiger partial charge on any atom is 0.481 e. The van der Waals surface area contributed by atoms with Crippen molar-refractivity contribution in [2.45, 2.75) is 50.9 Å². The Morgan fingerprint density at radius 3 is 2.47 bits per heavy atom. The van der Waals surface area contributed by atoms with Gasteiger partial charge >= 0.3 is 23.5 Å². The Morgan fingerprint density at radius 2 is 1.76 bits per heavy atom. The zero-order chi connectivity index (χ0) is 42.6. The number of aliphatic imine (C=N–C) groups is 1. The van der Waals surface area contributed by atoms with Gasteiger partial charge in [-0.3, -0.25) is 32.5 Å². The van der Waals surface area contributed by atoms with Crippen molar-refractivity contribution in [3.63, 3.8) is 0 Å². The number of hydrogen-bond acceptors (Lipinski definition) is 19. The number of carbonyl (C=O) groups excluding carboxylic acids is 3. The van der Waals surface area contributed by atoms with Crippen molar-refractivity contribution in [1.82, 2.24) is 30.2 Å². The van der Waals surface area contributed by atoms with Gasteiger partial charge in [-0.25, -0.2) is 33.6 Å². The number of imidazole rings is 1. The van der Waals surface area contributed by atoms with Crippen LogP contribution >= 0.6 is 35.2 Å². The minimum atomic E-state index is -5.58. The highest BCUT2D eigenvalue weighted by Gasteiger charge is 2.50. The molecular weight excluding hydrogens is 857 g/mol. The molecular formula is C29H39N8O17P3S. The zero-order valence-corrected chi connectivity index (χ0v) is 33.8. The molecule has 5 rings (SSSR count). The molecule has 3 aromatic rings. The fraction of sp³-hybridized carbons (Fsp3) is 0.483. The van der Waals surface area contributed by atoms with E-state index in [-0.39, 0.29) is 42.3 Å². The van der Waals surface area contributed by atoms with E-state index in [9.17, 15) is 57.9 Å². The summed E-state index contributed by atoms with van der Waals surface area (Å²) in [6.45, 7) is 0.461. The molecule has 2 amide bonds. The Kier molecular flexibility index (Phi) is 14.4. The van der Waals surface area contributed by atoms with Crippen LogP contribution in [-0.2, 0) is 45.9 Å². The quantitative estimate of drug-likeness (QED) is 0.0567. The summed E-state index contributed by atoms with van der Waals surface area (Å²) >= 11 is 1.18. The minimum Gasteiger partial charge on any atom is -0.386 e. The topological polar surface area (TPSA) is 376 Å². The number of nitrogens with zero attached hydrogens (tertiary/aromatic N) is 5. The Balaban J connectivity index is 1.05. The van der Waals surface area contributed by atoms with E-state index in [4.69, 9.17) is 19.5 Å². The first-order valence-electron chi connectivity index (χ1n) is 16.8. The Morgan fingerprint density at radius 1 is 1.05 bits per heavy atom. The van der Waals surface area contributed by atoms with Gasteiger partial charge in [0, 0.05) is 30.7 Å². The SMILES string of the molecule is CC(C)(COP(=O)(O)OP(=O)(O)OC[C@H]1O[C@@H](n2cnc3c(N)ncnc32)[C@H](O)[C@@H]1OP(=O)(O)O)[C@@H](O)C(=O)NCCC(=O)NCCSC1=Nc2ccccc2C1=O. The molecule has 1 aromatic carbocycles. The van der Waals surface area contributed by atoms with Gasteiger partial charge in [0.1, 0.15) is 41.3 Å². The maximum atomic E-state index is 12.7. The van der Waals surface area contributed by atoms with Crippen molar-refractivity contribution >= 4 is 80.5 Å². The number of nitrogen functional groups attached to an aromatic ring is 1. The molecule has 0 spiro atoms. The molecule has 0 aliphatic carbocycles. The third-order valence-electron chi connectivity index (χ3n) is 8.31. The number of Topliss-reactive ketones (excluding diaryl/α,β-unsaturated/α-hetero) is 1. The van der Waals surface area contributed by atoms with E-state index in [0.717, 1.165) is 17.2 Å². The number of hydrogen-bond donors (Lipinski definition) is 9. The van der Waals surface area contributed by atoms with E-state index < -0.39 is 84.6 Å². The third kappa shape index (κ3) is 11.6. The van der Waals surface area contributed by atoms with Crippen LogP contribution in [0.15, 0.2) is 41.9 Å². The van der Waals surface area contributed by atoms with Gasteiger partial charge in [0.05, 0.1) is 30.8 Å². The predicted molar refractivity (Wildman–Crippen MR) is 200 cm³/mol. The predicted octanol–water partition coefficient (Wildman–Crippen LogP) is 0.0646. The standard InChI is InChI=1S/C29H39N8O17P3S/c1-29(2,23(41)26(42)32-8-7-18(38)31-9-10-58-27-20(39)15-5-3-4-6-16(15)36-27)12-51-57(48,49)54-56(46,47)50-11-17-22(53-55(43,44)45)21(40)28(52-17)37-14-35-19-24(30)33-13-34-25(19)37/h3-6,13-14,17,21-23,28,40-41H,7-12H2,1-2H3,(H,31,38)(H,32,42)(H,46,47)(H,48,49)(H2,30,33,34)(H2,43,44,45)/t17-,21-,22-,23+,28-/m1/s1. The van der Waals surface area contributed by atoms with Crippen LogP contribution in [0.4, 0.5) is 11.5 Å². The van der Waals surface area contributed by atoms with Crippen LogP contribution in [-0.4, -0.2) is 128 Å². The molecule has 7 atom stereocenters. The lowest BCUT2D eigenvalue weighted by Crippen LogP contribution is -2.46. The van der Waals surface area contributed by atoms with Crippen molar-refractivity contribution in [2.75, 3.05) is 37.8 Å². The summed E-state index contributed by atoms with van der Waals surface area (Å²) in [7, 11) is -16.4. The molecule has 318 valence electrons. The molecule has 10 N–H and O–H groups in total. The summed E-state index contributed by atoms with van der Waals surface area (Å²) in [6, 6.07) is 6.90. The summed E-state index contributed by atoms with van der Waals surface area (Å²) in [5, 5.41) is 26.8. The molecule has 25 nitrogen and oxygen atoms in total. The summed E-state index contributed by atoms with van der Waals surface area (Å²) < 4.78 is 62.2. The number of ether oxygens (including phenoxy) is 1.